The second kappa shape index (κ2) is 8.27. The molecule has 0 unspecified atom stereocenters. The molecule has 0 spiro atoms. The predicted molar refractivity (Wildman–Crippen MR) is 101 cm³/mol. The molecule has 0 atom stereocenters. The van der Waals surface area contributed by atoms with Crippen molar-refractivity contribution in [2.45, 2.75) is 13.5 Å². The molecular weight excluding hydrogens is 334 g/mol. The van der Waals surface area contributed by atoms with Gasteiger partial charge in [0.2, 0.25) is 5.91 Å². The Bertz CT molecular complexity index is 731. The summed E-state index contributed by atoms with van der Waals surface area (Å²) < 4.78 is 5.73. The number of rotatable bonds is 5. The summed E-state index contributed by atoms with van der Waals surface area (Å²) in [5.74, 6) is 0.875. The van der Waals surface area contributed by atoms with Crippen molar-refractivity contribution in [3.8, 4) is 5.75 Å². The lowest BCUT2D eigenvalue weighted by Crippen LogP contribution is -2.46. The summed E-state index contributed by atoms with van der Waals surface area (Å²) in [4.78, 5) is 20.7. The van der Waals surface area contributed by atoms with Gasteiger partial charge in [0.15, 0.2) is 0 Å². The zero-order valence-electron chi connectivity index (χ0n) is 14.6. The third kappa shape index (κ3) is 5.14. The van der Waals surface area contributed by atoms with Crippen LogP contribution in [0.4, 0.5) is 0 Å². The lowest BCUT2D eigenvalue weighted by Gasteiger charge is -2.31. The highest BCUT2D eigenvalue weighted by molar-refractivity contribution is 7.09. The number of benzene rings is 1. The average Bonchev–Trinajstić information content (AvgIpc) is 3.05. The van der Waals surface area contributed by atoms with Crippen LogP contribution in [0.15, 0.2) is 35.7 Å². The van der Waals surface area contributed by atoms with E-state index in [1.165, 1.54) is 0 Å². The molecule has 5 nitrogen and oxygen atoms in total. The van der Waals surface area contributed by atoms with Gasteiger partial charge >= 0.3 is 0 Å². The lowest BCUT2D eigenvalue weighted by atomic mass is 10.2. The molecule has 0 aliphatic carbocycles. The predicted octanol–water partition coefficient (Wildman–Crippen LogP) is 2.82. The third-order valence-corrected chi connectivity index (χ3v) is 4.99. The van der Waals surface area contributed by atoms with Crippen molar-refractivity contribution in [1.82, 2.24) is 14.8 Å². The van der Waals surface area contributed by atoms with Gasteiger partial charge in [0.1, 0.15) is 12.4 Å². The van der Waals surface area contributed by atoms with E-state index in [0.717, 1.165) is 48.2 Å². The SMILES string of the molecule is Cc1nc(COc2ccc(/C=C/C(=O)N3CCN(C)CC3)cc2)cs1. The number of ether oxygens (including phenoxy) is 1. The summed E-state index contributed by atoms with van der Waals surface area (Å²) in [6, 6.07) is 7.74. The summed E-state index contributed by atoms with van der Waals surface area (Å²) in [5, 5.41) is 3.06. The van der Waals surface area contributed by atoms with E-state index in [4.69, 9.17) is 4.74 Å². The largest absolute Gasteiger partial charge is 0.487 e. The van der Waals surface area contributed by atoms with Crippen molar-refractivity contribution in [2.24, 2.45) is 0 Å². The Morgan fingerprint density at radius 1 is 1.24 bits per heavy atom. The van der Waals surface area contributed by atoms with Crippen molar-refractivity contribution in [1.29, 1.82) is 0 Å². The van der Waals surface area contributed by atoms with E-state index < -0.39 is 0 Å². The minimum Gasteiger partial charge on any atom is -0.487 e. The molecule has 6 heteroatoms. The van der Waals surface area contributed by atoms with Crippen molar-refractivity contribution in [3.05, 3.63) is 52.0 Å². The van der Waals surface area contributed by atoms with Gasteiger partial charge in [0.05, 0.1) is 10.7 Å². The standard InChI is InChI=1S/C19H23N3O2S/c1-15-20-17(14-25-15)13-24-18-6-3-16(4-7-18)5-8-19(23)22-11-9-21(2)10-12-22/h3-8,14H,9-13H2,1-2H3/b8-5+. The molecule has 1 saturated heterocycles. The molecule has 1 aliphatic heterocycles. The van der Waals surface area contributed by atoms with Gasteiger partial charge in [0, 0.05) is 37.6 Å². The van der Waals surface area contributed by atoms with Crippen LogP contribution >= 0.6 is 11.3 Å². The Labute approximate surface area is 152 Å². The van der Waals surface area contributed by atoms with Crippen LogP contribution in [-0.2, 0) is 11.4 Å². The van der Waals surface area contributed by atoms with Gasteiger partial charge in [-0.25, -0.2) is 4.98 Å². The highest BCUT2D eigenvalue weighted by atomic mass is 32.1. The molecule has 25 heavy (non-hydrogen) atoms. The highest BCUT2D eigenvalue weighted by Crippen LogP contribution is 2.16. The molecule has 132 valence electrons. The molecule has 1 amide bonds. The van der Waals surface area contributed by atoms with Gasteiger partial charge in [-0.3, -0.25) is 4.79 Å². The first kappa shape index (κ1) is 17.6. The number of piperazine rings is 1. The number of amides is 1. The first-order valence-electron chi connectivity index (χ1n) is 8.39. The zero-order chi connectivity index (χ0) is 17.6. The maximum atomic E-state index is 12.2. The van der Waals surface area contributed by atoms with Crippen LogP contribution in [0.1, 0.15) is 16.3 Å². The molecule has 0 bridgehead atoms. The Hall–Kier alpha value is -2.18. The number of likely N-dealkylation sites (N-methyl/N-ethyl adjacent to an activating group) is 1. The van der Waals surface area contributed by atoms with Crippen LogP contribution in [-0.4, -0.2) is 53.9 Å². The number of aromatic nitrogens is 1. The Morgan fingerprint density at radius 3 is 2.60 bits per heavy atom. The van der Waals surface area contributed by atoms with E-state index in [9.17, 15) is 4.79 Å². The number of carbonyl (C=O) groups excluding carboxylic acids is 1. The van der Waals surface area contributed by atoms with Gasteiger partial charge in [0.25, 0.3) is 0 Å². The Balaban J connectivity index is 1.50. The topological polar surface area (TPSA) is 45.7 Å². The quantitative estimate of drug-likeness (QED) is 0.772. The van der Waals surface area contributed by atoms with Crippen LogP contribution in [0.2, 0.25) is 0 Å². The van der Waals surface area contributed by atoms with Crippen LogP contribution in [0, 0.1) is 6.92 Å². The molecule has 3 rings (SSSR count). The third-order valence-electron chi connectivity index (χ3n) is 4.17. The van der Waals surface area contributed by atoms with Gasteiger partial charge < -0.3 is 14.5 Å². The van der Waals surface area contributed by atoms with Gasteiger partial charge in [-0.2, -0.15) is 0 Å². The smallest absolute Gasteiger partial charge is 0.246 e. The van der Waals surface area contributed by atoms with Crippen LogP contribution in [0.25, 0.3) is 6.08 Å². The summed E-state index contributed by atoms with van der Waals surface area (Å²) in [5.41, 5.74) is 1.93. The number of nitrogens with zero attached hydrogens (tertiary/aromatic N) is 3. The maximum Gasteiger partial charge on any atom is 0.246 e. The first-order valence-corrected chi connectivity index (χ1v) is 9.27. The van der Waals surface area contributed by atoms with Crippen LogP contribution in [0.3, 0.4) is 0 Å². The molecule has 1 aromatic heterocycles. The Kier molecular flexibility index (Phi) is 5.83. The summed E-state index contributed by atoms with van der Waals surface area (Å²) in [6.45, 7) is 5.92. The van der Waals surface area contributed by atoms with Crippen LogP contribution < -0.4 is 4.74 Å². The molecule has 0 saturated carbocycles. The molecule has 2 heterocycles. The normalized spacial score (nSPS) is 15.7. The zero-order valence-corrected chi connectivity index (χ0v) is 15.5. The van der Waals surface area contributed by atoms with Gasteiger partial charge in [-0.15, -0.1) is 11.3 Å². The molecule has 2 aromatic rings. The minimum atomic E-state index is 0.0762. The van der Waals surface area contributed by atoms with Crippen molar-refractivity contribution >= 4 is 23.3 Å². The lowest BCUT2D eigenvalue weighted by molar-refractivity contribution is -0.127. The fourth-order valence-corrected chi connectivity index (χ4v) is 3.20. The summed E-state index contributed by atoms with van der Waals surface area (Å²) in [7, 11) is 2.08. The second-order valence-electron chi connectivity index (χ2n) is 6.18. The van der Waals surface area contributed by atoms with Crippen molar-refractivity contribution in [3.63, 3.8) is 0 Å². The molecule has 0 N–H and O–H groups in total. The van der Waals surface area contributed by atoms with E-state index in [-0.39, 0.29) is 5.91 Å². The molecule has 1 fully saturated rings. The minimum absolute atomic E-state index is 0.0762. The molecule has 1 aliphatic rings. The van der Waals surface area contributed by atoms with Gasteiger partial charge in [-0.05, 0) is 37.7 Å². The number of hydrogen-bond donors (Lipinski definition) is 0. The second-order valence-corrected chi connectivity index (χ2v) is 7.24. The fourth-order valence-electron chi connectivity index (χ4n) is 2.61. The maximum absolute atomic E-state index is 12.2. The Morgan fingerprint density at radius 2 is 1.96 bits per heavy atom. The van der Waals surface area contributed by atoms with Gasteiger partial charge in [-0.1, -0.05) is 12.1 Å². The highest BCUT2D eigenvalue weighted by Gasteiger charge is 2.16. The van der Waals surface area contributed by atoms with E-state index >= 15 is 0 Å². The number of aryl methyl sites for hydroxylation is 1. The summed E-state index contributed by atoms with van der Waals surface area (Å²) >= 11 is 1.62. The molecule has 1 aromatic carbocycles. The van der Waals surface area contributed by atoms with Crippen LogP contribution in [0.5, 0.6) is 5.75 Å². The number of thiazole rings is 1. The monoisotopic (exact) mass is 357 g/mol. The van der Waals surface area contributed by atoms with E-state index in [2.05, 4.69) is 16.9 Å². The average molecular weight is 357 g/mol. The molecule has 0 radical (unpaired) electrons. The number of carbonyl (C=O) groups is 1. The summed E-state index contributed by atoms with van der Waals surface area (Å²) in [6.07, 6.45) is 3.51. The molecular formula is C19H23N3O2S. The fraction of sp³-hybridized carbons (Fsp3) is 0.368. The van der Waals surface area contributed by atoms with E-state index in [1.807, 2.05) is 47.5 Å². The number of hydrogen-bond acceptors (Lipinski definition) is 5. The van der Waals surface area contributed by atoms with E-state index in [1.54, 1.807) is 17.4 Å². The van der Waals surface area contributed by atoms with Crippen molar-refractivity contribution < 1.29 is 9.53 Å². The van der Waals surface area contributed by atoms with Crippen molar-refractivity contribution in [2.75, 3.05) is 33.2 Å². The van der Waals surface area contributed by atoms with E-state index in [0.29, 0.717) is 6.61 Å². The first-order chi connectivity index (χ1) is 12.1.